The summed E-state index contributed by atoms with van der Waals surface area (Å²) in [6.45, 7) is -0.432. The molecule has 0 bridgehead atoms. The molecule has 0 aliphatic rings. The molecule has 0 fully saturated rings. The number of rotatable bonds is 6. The van der Waals surface area contributed by atoms with E-state index in [0.717, 1.165) is 0 Å². The molecular weight excluding hydrogens is 172 g/mol. The van der Waals surface area contributed by atoms with Crippen LogP contribution in [0.1, 0.15) is 19.3 Å². The zero-order chi connectivity index (χ0) is 9.40. The first-order valence-corrected chi connectivity index (χ1v) is 3.81. The van der Waals surface area contributed by atoms with Crippen molar-refractivity contribution in [2.24, 2.45) is 0 Å². The third kappa shape index (κ3) is 6.19. The average molecular weight is 184 g/mol. The van der Waals surface area contributed by atoms with Gasteiger partial charge in [0, 0.05) is 6.42 Å². The number of hydrogen-bond donors (Lipinski definition) is 0. The molecule has 0 nitrogen and oxygen atoms in total. The van der Waals surface area contributed by atoms with E-state index in [0.29, 0.717) is 12.8 Å². The van der Waals surface area contributed by atoms with Crippen molar-refractivity contribution < 1.29 is 17.6 Å². The van der Waals surface area contributed by atoms with E-state index in [2.05, 4.69) is 0 Å². The van der Waals surface area contributed by atoms with Crippen LogP contribution in [-0.4, -0.2) is 19.3 Å². The Labute approximate surface area is 69.3 Å². The topological polar surface area (TPSA) is 0 Å². The third-order valence-corrected chi connectivity index (χ3v) is 1.31. The molecule has 0 saturated carbocycles. The van der Waals surface area contributed by atoms with E-state index in [4.69, 9.17) is 0 Å². The Bertz CT molecular complexity index is 122. The fourth-order valence-electron chi connectivity index (χ4n) is 0.642. The van der Waals surface area contributed by atoms with Crippen LogP contribution in [0.5, 0.6) is 0 Å². The second kappa shape index (κ2) is 7.13. The highest BCUT2D eigenvalue weighted by molar-refractivity contribution is 4.84. The first-order valence-electron chi connectivity index (χ1n) is 3.81. The van der Waals surface area contributed by atoms with Gasteiger partial charge in [-0.25, -0.2) is 13.2 Å². The van der Waals surface area contributed by atoms with Crippen molar-refractivity contribution in [1.82, 2.24) is 0 Å². The van der Waals surface area contributed by atoms with Crippen LogP contribution in [0.2, 0.25) is 0 Å². The maximum Gasteiger partial charge on any atom is 0.269 e. The van der Waals surface area contributed by atoms with Crippen LogP contribution in [0.25, 0.3) is 0 Å². The van der Waals surface area contributed by atoms with Crippen molar-refractivity contribution in [2.45, 2.75) is 31.9 Å². The van der Waals surface area contributed by atoms with E-state index < -0.39 is 19.3 Å². The molecule has 0 saturated heterocycles. The molecule has 4 heteroatoms. The second-order valence-corrected chi connectivity index (χ2v) is 2.39. The molecule has 1 atom stereocenters. The van der Waals surface area contributed by atoms with E-state index in [1.54, 1.807) is 0 Å². The summed E-state index contributed by atoms with van der Waals surface area (Å²) >= 11 is 0. The Balaban J connectivity index is 3.33. The summed E-state index contributed by atoms with van der Waals surface area (Å²) in [5.41, 5.74) is 0. The van der Waals surface area contributed by atoms with Gasteiger partial charge in [-0.15, -0.1) is 0 Å². The van der Waals surface area contributed by atoms with Gasteiger partial charge in [-0.3, -0.25) is 4.39 Å². The fraction of sp³-hybridized carbons (Fsp3) is 0.750. The van der Waals surface area contributed by atoms with Gasteiger partial charge in [-0.05, 0) is 12.8 Å². The largest absolute Gasteiger partial charge is 0.269 e. The molecule has 0 aliphatic carbocycles. The van der Waals surface area contributed by atoms with Gasteiger partial charge in [-0.2, -0.15) is 0 Å². The Morgan fingerprint density at radius 1 is 1.08 bits per heavy atom. The summed E-state index contributed by atoms with van der Waals surface area (Å²) in [5, 5.41) is 0. The Kier molecular flexibility index (Phi) is 6.81. The van der Waals surface area contributed by atoms with Crippen LogP contribution in [0.4, 0.5) is 17.6 Å². The first kappa shape index (κ1) is 11.5. The number of halogens is 4. The maximum absolute atomic E-state index is 12.2. The van der Waals surface area contributed by atoms with Crippen LogP contribution < -0.4 is 0 Å². The minimum atomic E-state index is -2.92. The van der Waals surface area contributed by atoms with Crippen molar-refractivity contribution in [1.29, 1.82) is 0 Å². The number of hydrogen-bond acceptors (Lipinski definition) is 0. The summed E-state index contributed by atoms with van der Waals surface area (Å²) in [7, 11) is 0. The predicted molar refractivity (Wildman–Crippen MR) is 39.9 cm³/mol. The molecule has 0 aromatic rings. The van der Waals surface area contributed by atoms with E-state index in [1.165, 1.54) is 12.2 Å². The summed E-state index contributed by atoms with van der Waals surface area (Å²) in [6.07, 6.45) is -1.61. The van der Waals surface area contributed by atoms with Crippen LogP contribution in [-0.2, 0) is 0 Å². The normalized spacial score (nSPS) is 14.4. The minimum Gasteiger partial charge on any atom is -0.251 e. The minimum absolute atomic E-state index is 0.288. The van der Waals surface area contributed by atoms with E-state index in [-0.39, 0.29) is 6.42 Å². The molecule has 12 heavy (non-hydrogen) atoms. The molecule has 0 amide bonds. The second-order valence-electron chi connectivity index (χ2n) is 2.39. The van der Waals surface area contributed by atoms with Crippen molar-refractivity contribution in [3.05, 3.63) is 12.2 Å². The van der Waals surface area contributed by atoms with Gasteiger partial charge in [-0.1, -0.05) is 12.2 Å². The molecule has 0 aromatic heterocycles. The van der Waals surface area contributed by atoms with Crippen LogP contribution in [0, 0.1) is 0 Å². The van der Waals surface area contributed by atoms with E-state index in [9.17, 15) is 17.6 Å². The van der Waals surface area contributed by atoms with Crippen molar-refractivity contribution >= 4 is 0 Å². The molecule has 0 radical (unpaired) electrons. The third-order valence-electron chi connectivity index (χ3n) is 1.31. The van der Waals surface area contributed by atoms with Crippen molar-refractivity contribution in [2.75, 3.05) is 6.67 Å². The Hall–Kier alpha value is -0.540. The molecule has 0 heterocycles. The van der Waals surface area contributed by atoms with Gasteiger partial charge in [0.05, 0.1) is 6.67 Å². The predicted octanol–water partition coefficient (Wildman–Crippen LogP) is 3.29. The quantitative estimate of drug-likeness (QED) is 0.337. The zero-order valence-corrected chi connectivity index (χ0v) is 6.65. The van der Waals surface area contributed by atoms with Gasteiger partial charge in [0.1, 0.15) is 0 Å². The fourth-order valence-corrected chi connectivity index (χ4v) is 0.642. The number of allylic oxidation sites excluding steroid dienone is 2. The average Bonchev–Trinajstić information content (AvgIpc) is 2.03. The highest BCUT2D eigenvalue weighted by Gasteiger charge is 2.16. The highest BCUT2D eigenvalue weighted by Crippen LogP contribution is 2.10. The Morgan fingerprint density at radius 2 is 1.75 bits per heavy atom. The lowest BCUT2D eigenvalue weighted by atomic mass is 10.2. The van der Waals surface area contributed by atoms with Gasteiger partial charge >= 0.3 is 0 Å². The summed E-state index contributed by atoms with van der Waals surface area (Å²) in [4.78, 5) is 0. The smallest absolute Gasteiger partial charge is 0.251 e. The summed E-state index contributed by atoms with van der Waals surface area (Å²) in [6, 6.07) is 0. The van der Waals surface area contributed by atoms with E-state index in [1.807, 2.05) is 0 Å². The van der Waals surface area contributed by atoms with Crippen LogP contribution in [0.15, 0.2) is 12.2 Å². The zero-order valence-electron chi connectivity index (χ0n) is 6.65. The van der Waals surface area contributed by atoms with Gasteiger partial charge in [0.15, 0.2) is 6.17 Å². The lowest BCUT2D eigenvalue weighted by Gasteiger charge is -2.01. The number of alkyl halides is 4. The lowest BCUT2D eigenvalue weighted by molar-refractivity contribution is 0.0517. The lowest BCUT2D eigenvalue weighted by Crippen LogP contribution is -2.09. The molecule has 0 N–H and O–H groups in total. The van der Waals surface area contributed by atoms with Crippen LogP contribution in [0.3, 0.4) is 0 Å². The van der Waals surface area contributed by atoms with Gasteiger partial charge in [0.2, 0.25) is 0 Å². The number of unbranched alkanes of at least 4 members (excludes halogenated alkanes) is 1. The SMILES string of the molecule is FCCCC=CCC(F)C(F)F. The first-order chi connectivity index (χ1) is 5.68. The van der Waals surface area contributed by atoms with Crippen molar-refractivity contribution in [3.8, 4) is 0 Å². The molecule has 72 valence electrons. The standard InChI is InChI=1S/C8H12F4/c9-6-4-2-1-3-5-7(10)8(11)12/h1,3,7-8H,2,4-6H2. The Morgan fingerprint density at radius 3 is 2.25 bits per heavy atom. The molecule has 0 aromatic carbocycles. The van der Waals surface area contributed by atoms with Gasteiger partial charge < -0.3 is 0 Å². The molecule has 0 spiro atoms. The molecular formula is C8H12F4. The molecule has 0 rings (SSSR count). The van der Waals surface area contributed by atoms with Crippen LogP contribution >= 0.6 is 0 Å². The monoisotopic (exact) mass is 184 g/mol. The molecule has 0 aliphatic heterocycles. The summed E-state index contributed by atoms with van der Waals surface area (Å²) in [5.74, 6) is 0. The van der Waals surface area contributed by atoms with Crippen molar-refractivity contribution in [3.63, 3.8) is 0 Å². The maximum atomic E-state index is 12.2. The van der Waals surface area contributed by atoms with E-state index >= 15 is 0 Å². The summed E-state index contributed by atoms with van der Waals surface area (Å²) < 4.78 is 46.7. The van der Waals surface area contributed by atoms with Gasteiger partial charge in [0.25, 0.3) is 6.43 Å². The molecule has 1 unspecified atom stereocenters. The highest BCUT2D eigenvalue weighted by atomic mass is 19.3.